The minimum absolute atomic E-state index is 0.151. The number of fused-ring (bicyclic) bond motifs is 1. The molecular formula is C22H24N4O3. The maximum absolute atomic E-state index is 12.8. The lowest BCUT2D eigenvalue weighted by Gasteiger charge is -2.20. The molecule has 1 aliphatic heterocycles. The number of anilines is 2. The van der Waals surface area contributed by atoms with Gasteiger partial charge in [-0.1, -0.05) is 18.2 Å². The molecule has 4 rings (SSSR count). The summed E-state index contributed by atoms with van der Waals surface area (Å²) in [4.78, 5) is 24.4. The van der Waals surface area contributed by atoms with Gasteiger partial charge in [0.1, 0.15) is 0 Å². The Bertz CT molecular complexity index is 1030. The average molecular weight is 392 g/mol. The van der Waals surface area contributed by atoms with Crippen LogP contribution in [0.3, 0.4) is 0 Å². The van der Waals surface area contributed by atoms with E-state index in [4.69, 9.17) is 14.5 Å². The zero-order valence-electron chi connectivity index (χ0n) is 16.6. The number of nitrogens with zero attached hydrogens (tertiary/aromatic N) is 3. The highest BCUT2D eigenvalue weighted by Gasteiger charge is 2.21. The van der Waals surface area contributed by atoms with Crippen molar-refractivity contribution in [3.05, 3.63) is 48.0 Å². The summed E-state index contributed by atoms with van der Waals surface area (Å²) in [6, 6.07) is 13.2. The van der Waals surface area contributed by atoms with Crippen molar-refractivity contribution in [1.82, 2.24) is 9.97 Å². The summed E-state index contributed by atoms with van der Waals surface area (Å²) >= 11 is 0. The lowest BCUT2D eigenvalue weighted by molar-refractivity contribution is -0.115. The number of carbonyl (C=O) groups excluding carboxylic acids is 1. The molecule has 1 aliphatic rings. The van der Waals surface area contributed by atoms with Crippen LogP contribution in [0.5, 0.6) is 11.5 Å². The summed E-state index contributed by atoms with van der Waals surface area (Å²) in [5, 5.41) is 2.97. The molecule has 7 nitrogen and oxygen atoms in total. The molecule has 0 aliphatic carbocycles. The Kier molecular flexibility index (Phi) is 5.46. The summed E-state index contributed by atoms with van der Waals surface area (Å²) < 4.78 is 10.6. The van der Waals surface area contributed by atoms with Crippen LogP contribution in [0.1, 0.15) is 18.4 Å². The summed E-state index contributed by atoms with van der Waals surface area (Å²) in [5.74, 6) is 2.33. The third-order valence-electron chi connectivity index (χ3n) is 5.03. The predicted molar refractivity (Wildman–Crippen MR) is 113 cm³/mol. The van der Waals surface area contributed by atoms with Crippen LogP contribution in [0.2, 0.25) is 0 Å². The number of benzene rings is 2. The summed E-state index contributed by atoms with van der Waals surface area (Å²) in [6.45, 7) is 1.84. The van der Waals surface area contributed by atoms with E-state index in [1.165, 1.54) is 0 Å². The second kappa shape index (κ2) is 8.34. The maximum atomic E-state index is 12.8. The van der Waals surface area contributed by atoms with Crippen LogP contribution in [0, 0.1) is 0 Å². The first kappa shape index (κ1) is 19.0. The van der Waals surface area contributed by atoms with Gasteiger partial charge in [0, 0.05) is 13.1 Å². The van der Waals surface area contributed by atoms with E-state index in [9.17, 15) is 4.79 Å². The lowest BCUT2D eigenvalue weighted by Crippen LogP contribution is -2.24. The van der Waals surface area contributed by atoms with Crippen LogP contribution in [-0.2, 0) is 11.2 Å². The maximum Gasteiger partial charge on any atom is 0.230 e. The fourth-order valence-electron chi connectivity index (χ4n) is 3.58. The molecule has 0 spiro atoms. The van der Waals surface area contributed by atoms with Crippen molar-refractivity contribution in [1.29, 1.82) is 0 Å². The molecule has 0 saturated carbocycles. The van der Waals surface area contributed by atoms with E-state index in [1.54, 1.807) is 20.3 Å². The molecule has 2 heterocycles. The fraction of sp³-hybridized carbons (Fsp3) is 0.318. The molecule has 0 radical (unpaired) electrons. The number of aromatic nitrogens is 2. The predicted octanol–water partition coefficient (Wildman–Crippen LogP) is 3.43. The van der Waals surface area contributed by atoms with Crippen molar-refractivity contribution in [3.8, 4) is 11.5 Å². The van der Waals surface area contributed by atoms with Gasteiger partial charge in [0.05, 0.1) is 31.7 Å². The van der Waals surface area contributed by atoms with Crippen molar-refractivity contribution in [2.24, 2.45) is 0 Å². The SMILES string of the molecule is COc1ccc(CC(=O)Nc2nc3ccccc3nc2N2CCCC2)cc1OC. The molecule has 1 amide bonds. The zero-order valence-corrected chi connectivity index (χ0v) is 16.6. The molecule has 0 unspecified atom stereocenters. The second-order valence-electron chi connectivity index (χ2n) is 6.99. The van der Waals surface area contributed by atoms with E-state index in [2.05, 4.69) is 15.2 Å². The van der Waals surface area contributed by atoms with E-state index in [0.29, 0.717) is 17.3 Å². The van der Waals surface area contributed by atoms with Crippen molar-refractivity contribution >= 4 is 28.6 Å². The first-order chi connectivity index (χ1) is 14.2. The minimum atomic E-state index is -0.151. The van der Waals surface area contributed by atoms with E-state index < -0.39 is 0 Å². The van der Waals surface area contributed by atoms with Crippen LogP contribution < -0.4 is 19.7 Å². The number of amides is 1. The number of hydrogen-bond acceptors (Lipinski definition) is 6. The Labute approximate surface area is 169 Å². The van der Waals surface area contributed by atoms with Gasteiger partial charge < -0.3 is 19.7 Å². The van der Waals surface area contributed by atoms with E-state index >= 15 is 0 Å². The van der Waals surface area contributed by atoms with Gasteiger partial charge in [-0.2, -0.15) is 0 Å². The first-order valence-corrected chi connectivity index (χ1v) is 9.70. The standard InChI is InChI=1S/C22H24N4O3/c1-28-18-10-9-15(13-19(18)29-2)14-20(27)25-21-22(26-11-5-6-12-26)24-17-8-4-3-7-16(17)23-21/h3-4,7-10,13H,5-6,11-12,14H2,1-2H3,(H,23,25,27). The van der Waals surface area contributed by atoms with E-state index in [0.717, 1.165) is 48.3 Å². The Morgan fingerprint density at radius 3 is 2.38 bits per heavy atom. The highest BCUT2D eigenvalue weighted by atomic mass is 16.5. The van der Waals surface area contributed by atoms with Crippen LogP contribution in [0.25, 0.3) is 11.0 Å². The van der Waals surface area contributed by atoms with Gasteiger partial charge in [-0.15, -0.1) is 0 Å². The van der Waals surface area contributed by atoms with E-state index in [1.807, 2.05) is 36.4 Å². The van der Waals surface area contributed by atoms with Crippen molar-refractivity contribution in [3.63, 3.8) is 0 Å². The summed E-state index contributed by atoms with van der Waals surface area (Å²) in [5.41, 5.74) is 2.42. The molecule has 1 saturated heterocycles. The van der Waals surface area contributed by atoms with Crippen LogP contribution in [0.15, 0.2) is 42.5 Å². The number of nitrogens with one attached hydrogen (secondary N) is 1. The van der Waals surface area contributed by atoms with Gasteiger partial charge >= 0.3 is 0 Å². The lowest BCUT2D eigenvalue weighted by atomic mass is 10.1. The Hall–Kier alpha value is -3.35. The largest absolute Gasteiger partial charge is 0.493 e. The van der Waals surface area contributed by atoms with Gasteiger partial charge in [-0.25, -0.2) is 9.97 Å². The molecule has 150 valence electrons. The number of para-hydroxylation sites is 2. The third kappa shape index (κ3) is 4.08. The smallest absolute Gasteiger partial charge is 0.230 e. The first-order valence-electron chi connectivity index (χ1n) is 9.70. The molecule has 1 aromatic heterocycles. The van der Waals surface area contributed by atoms with Crippen molar-refractivity contribution in [2.45, 2.75) is 19.3 Å². The summed E-state index contributed by atoms with van der Waals surface area (Å²) in [6.07, 6.45) is 2.44. The van der Waals surface area contributed by atoms with Gasteiger partial charge in [0.2, 0.25) is 5.91 Å². The van der Waals surface area contributed by atoms with Crippen LogP contribution in [0.4, 0.5) is 11.6 Å². The second-order valence-corrected chi connectivity index (χ2v) is 6.99. The third-order valence-corrected chi connectivity index (χ3v) is 5.03. The monoisotopic (exact) mass is 392 g/mol. The number of methoxy groups -OCH3 is 2. The normalized spacial score (nSPS) is 13.5. The van der Waals surface area contributed by atoms with E-state index in [-0.39, 0.29) is 12.3 Å². The van der Waals surface area contributed by atoms with Gasteiger partial charge in [0.25, 0.3) is 0 Å². The molecule has 29 heavy (non-hydrogen) atoms. The molecule has 3 aromatic rings. The Morgan fingerprint density at radius 2 is 1.69 bits per heavy atom. The molecule has 1 N–H and O–H groups in total. The highest BCUT2D eigenvalue weighted by Crippen LogP contribution is 2.29. The minimum Gasteiger partial charge on any atom is -0.493 e. The highest BCUT2D eigenvalue weighted by molar-refractivity contribution is 5.95. The van der Waals surface area contributed by atoms with Gasteiger partial charge in [-0.05, 0) is 42.7 Å². The average Bonchev–Trinajstić information content (AvgIpc) is 3.27. The quantitative estimate of drug-likeness (QED) is 0.693. The number of hydrogen-bond donors (Lipinski definition) is 1. The number of ether oxygens (including phenoxy) is 2. The summed E-state index contributed by atoms with van der Waals surface area (Å²) in [7, 11) is 3.16. The van der Waals surface area contributed by atoms with Crippen molar-refractivity contribution < 1.29 is 14.3 Å². The Balaban J connectivity index is 1.59. The molecule has 0 bridgehead atoms. The topological polar surface area (TPSA) is 76.6 Å². The zero-order chi connectivity index (χ0) is 20.2. The molecule has 2 aromatic carbocycles. The fourth-order valence-corrected chi connectivity index (χ4v) is 3.58. The number of carbonyl (C=O) groups is 1. The Morgan fingerprint density at radius 1 is 1.00 bits per heavy atom. The molecule has 7 heteroatoms. The van der Waals surface area contributed by atoms with Crippen LogP contribution in [-0.4, -0.2) is 43.2 Å². The van der Waals surface area contributed by atoms with Crippen molar-refractivity contribution in [2.75, 3.05) is 37.5 Å². The molecule has 0 atom stereocenters. The van der Waals surface area contributed by atoms with Crippen LogP contribution >= 0.6 is 0 Å². The van der Waals surface area contributed by atoms with Gasteiger partial charge in [-0.3, -0.25) is 4.79 Å². The molecular weight excluding hydrogens is 368 g/mol. The molecule has 1 fully saturated rings. The number of rotatable bonds is 6. The van der Waals surface area contributed by atoms with Gasteiger partial charge in [0.15, 0.2) is 23.1 Å².